The zero-order valence-corrected chi connectivity index (χ0v) is 19.2. The normalized spacial score (nSPS) is 17.5. The molecular weight excluding hydrogens is 420 g/mol. The first-order chi connectivity index (χ1) is 16.0. The van der Waals surface area contributed by atoms with Gasteiger partial charge in [0.05, 0.1) is 31.5 Å². The van der Waals surface area contributed by atoms with Crippen molar-refractivity contribution in [3.05, 3.63) is 58.5 Å². The van der Waals surface area contributed by atoms with Crippen LogP contribution in [0, 0.1) is 6.92 Å². The third-order valence-corrected chi connectivity index (χ3v) is 6.45. The van der Waals surface area contributed by atoms with Crippen LogP contribution in [-0.2, 0) is 17.8 Å². The second-order valence-corrected chi connectivity index (χ2v) is 8.48. The van der Waals surface area contributed by atoms with Crippen molar-refractivity contribution < 1.29 is 24.1 Å². The van der Waals surface area contributed by atoms with E-state index in [9.17, 15) is 9.90 Å². The number of aromatic nitrogens is 1. The van der Waals surface area contributed by atoms with Crippen molar-refractivity contribution in [1.82, 2.24) is 9.47 Å². The molecule has 0 unspecified atom stereocenters. The van der Waals surface area contributed by atoms with Gasteiger partial charge in [-0.1, -0.05) is 0 Å². The minimum Gasteiger partial charge on any atom is -0.507 e. The first kappa shape index (κ1) is 21.6. The molecule has 0 amide bonds. The SMILES string of the molecule is CCn1cc(/C=C2\Oc3c(CN4CCOCC4)c(O)cc(C)c3C2=O)c2cc(OC)ccc21. The number of nitrogens with zero attached hydrogens (tertiary/aromatic N) is 2. The summed E-state index contributed by atoms with van der Waals surface area (Å²) in [6.07, 6.45) is 3.82. The van der Waals surface area contributed by atoms with Gasteiger partial charge in [0, 0.05) is 48.8 Å². The molecule has 5 rings (SSSR count). The van der Waals surface area contributed by atoms with Crippen molar-refractivity contribution in [2.45, 2.75) is 26.9 Å². The topological polar surface area (TPSA) is 73.2 Å². The predicted molar refractivity (Wildman–Crippen MR) is 126 cm³/mol. The molecule has 33 heavy (non-hydrogen) atoms. The second-order valence-electron chi connectivity index (χ2n) is 8.48. The van der Waals surface area contributed by atoms with Gasteiger partial charge in [0.15, 0.2) is 5.76 Å². The van der Waals surface area contributed by atoms with Gasteiger partial charge < -0.3 is 23.9 Å². The Balaban J connectivity index is 1.56. The second kappa shape index (κ2) is 8.57. The molecule has 2 aromatic carbocycles. The molecule has 0 atom stereocenters. The largest absolute Gasteiger partial charge is 0.507 e. The molecule has 7 nitrogen and oxygen atoms in total. The highest BCUT2D eigenvalue weighted by molar-refractivity contribution is 6.16. The van der Waals surface area contributed by atoms with Gasteiger partial charge >= 0.3 is 0 Å². The fraction of sp³-hybridized carbons (Fsp3) is 0.346. The maximum atomic E-state index is 13.4. The van der Waals surface area contributed by atoms with Crippen LogP contribution in [0.3, 0.4) is 0 Å². The number of carbonyl (C=O) groups is 1. The number of Topliss-reactive ketones (excluding diaryl/α,β-unsaturated/α-hetero) is 1. The molecule has 0 saturated carbocycles. The van der Waals surface area contributed by atoms with Gasteiger partial charge in [0.25, 0.3) is 0 Å². The fourth-order valence-corrected chi connectivity index (χ4v) is 4.66. The molecule has 2 aliphatic rings. The van der Waals surface area contributed by atoms with Crippen LogP contribution < -0.4 is 9.47 Å². The molecule has 2 aliphatic heterocycles. The van der Waals surface area contributed by atoms with Gasteiger partial charge in [0.1, 0.15) is 17.2 Å². The third kappa shape index (κ3) is 3.77. The molecule has 1 N–H and O–H groups in total. The van der Waals surface area contributed by atoms with Gasteiger partial charge in [-0.2, -0.15) is 0 Å². The van der Waals surface area contributed by atoms with Crippen molar-refractivity contribution in [3.63, 3.8) is 0 Å². The van der Waals surface area contributed by atoms with E-state index in [0.29, 0.717) is 42.2 Å². The number of ketones is 1. The van der Waals surface area contributed by atoms with Gasteiger partial charge in [-0.15, -0.1) is 0 Å². The highest BCUT2D eigenvalue weighted by Gasteiger charge is 2.34. The highest BCUT2D eigenvalue weighted by Crippen LogP contribution is 2.42. The van der Waals surface area contributed by atoms with Crippen molar-refractivity contribution in [3.8, 4) is 17.2 Å². The average molecular weight is 449 g/mol. The van der Waals surface area contributed by atoms with E-state index in [1.807, 2.05) is 31.3 Å². The van der Waals surface area contributed by atoms with Crippen molar-refractivity contribution in [2.24, 2.45) is 0 Å². The van der Waals surface area contributed by atoms with E-state index in [1.165, 1.54) is 0 Å². The van der Waals surface area contributed by atoms with E-state index in [4.69, 9.17) is 14.2 Å². The number of rotatable bonds is 5. The smallest absolute Gasteiger partial charge is 0.232 e. The summed E-state index contributed by atoms with van der Waals surface area (Å²) in [7, 11) is 1.64. The maximum absolute atomic E-state index is 13.4. The Kier molecular flexibility index (Phi) is 5.60. The lowest BCUT2D eigenvalue weighted by Gasteiger charge is -2.27. The van der Waals surface area contributed by atoms with Crippen molar-refractivity contribution in [1.29, 1.82) is 0 Å². The Labute approximate surface area is 192 Å². The molecule has 0 aliphatic carbocycles. The fourth-order valence-electron chi connectivity index (χ4n) is 4.66. The summed E-state index contributed by atoms with van der Waals surface area (Å²) in [5.74, 6) is 1.48. The number of phenols is 1. The van der Waals surface area contributed by atoms with E-state index < -0.39 is 0 Å². The first-order valence-corrected chi connectivity index (χ1v) is 11.3. The number of fused-ring (bicyclic) bond motifs is 2. The van der Waals surface area contributed by atoms with Crippen molar-refractivity contribution >= 4 is 22.8 Å². The number of phenolic OH excluding ortho intramolecular Hbond substituents is 1. The van der Waals surface area contributed by atoms with Gasteiger partial charge in [0.2, 0.25) is 5.78 Å². The number of hydrogen-bond acceptors (Lipinski definition) is 6. The van der Waals surface area contributed by atoms with Gasteiger partial charge in [-0.05, 0) is 49.8 Å². The van der Waals surface area contributed by atoms with Crippen LogP contribution in [0.15, 0.2) is 36.2 Å². The number of aryl methyl sites for hydroxylation is 2. The molecule has 172 valence electrons. The summed E-state index contributed by atoms with van der Waals surface area (Å²) < 4.78 is 19.1. The molecule has 1 fully saturated rings. The third-order valence-electron chi connectivity index (χ3n) is 6.45. The zero-order chi connectivity index (χ0) is 23.1. The number of methoxy groups -OCH3 is 1. The van der Waals surface area contributed by atoms with Crippen LogP contribution in [0.25, 0.3) is 17.0 Å². The summed E-state index contributed by atoms with van der Waals surface area (Å²) in [6, 6.07) is 7.59. The number of aromatic hydroxyl groups is 1. The lowest BCUT2D eigenvalue weighted by molar-refractivity contribution is 0.0336. The minimum atomic E-state index is -0.161. The van der Waals surface area contributed by atoms with E-state index in [-0.39, 0.29) is 17.3 Å². The molecule has 3 heterocycles. The Morgan fingerprint density at radius 1 is 1.21 bits per heavy atom. The number of hydrogen-bond donors (Lipinski definition) is 1. The van der Waals surface area contributed by atoms with Crippen LogP contribution in [0.5, 0.6) is 17.2 Å². The molecule has 7 heteroatoms. The molecule has 0 radical (unpaired) electrons. The number of allylic oxidation sites excluding steroid dienone is 1. The summed E-state index contributed by atoms with van der Waals surface area (Å²) in [6.45, 7) is 8.08. The Morgan fingerprint density at radius 2 is 2.00 bits per heavy atom. The standard InChI is InChI=1S/C26H28N2O5/c1-4-28-14-17(19-13-18(31-3)5-6-21(19)28)12-23-25(30)24-16(2)11-22(29)20(26(24)33-23)15-27-7-9-32-10-8-27/h5-6,11-14,29H,4,7-10,15H2,1-3H3/b23-12-. The van der Waals surface area contributed by atoms with Crippen LogP contribution in [0.1, 0.15) is 34.0 Å². The van der Waals surface area contributed by atoms with Crippen molar-refractivity contribution in [2.75, 3.05) is 33.4 Å². The van der Waals surface area contributed by atoms with Crippen LogP contribution in [0.2, 0.25) is 0 Å². The van der Waals surface area contributed by atoms with Gasteiger partial charge in [-0.3, -0.25) is 9.69 Å². The summed E-state index contributed by atoms with van der Waals surface area (Å²) in [4.78, 5) is 15.6. The van der Waals surface area contributed by atoms with Gasteiger partial charge in [-0.25, -0.2) is 0 Å². The summed E-state index contributed by atoms with van der Waals surface area (Å²) in [5.41, 5.74) is 3.83. The quantitative estimate of drug-likeness (QED) is 0.592. The predicted octanol–water partition coefficient (Wildman–Crippen LogP) is 4.13. The monoisotopic (exact) mass is 448 g/mol. The maximum Gasteiger partial charge on any atom is 0.232 e. The molecule has 1 aromatic heterocycles. The Morgan fingerprint density at radius 3 is 2.73 bits per heavy atom. The summed E-state index contributed by atoms with van der Waals surface area (Å²) in [5, 5.41) is 11.7. The minimum absolute atomic E-state index is 0.152. The zero-order valence-electron chi connectivity index (χ0n) is 19.2. The first-order valence-electron chi connectivity index (χ1n) is 11.3. The average Bonchev–Trinajstić information content (AvgIpc) is 3.34. The molecule has 0 spiro atoms. The molecule has 1 saturated heterocycles. The Bertz CT molecular complexity index is 1270. The van der Waals surface area contributed by atoms with Crippen LogP contribution >= 0.6 is 0 Å². The molecule has 3 aromatic rings. The number of benzene rings is 2. The summed E-state index contributed by atoms with van der Waals surface area (Å²) >= 11 is 0. The van der Waals surface area contributed by atoms with E-state index in [1.54, 1.807) is 19.3 Å². The molecular formula is C26H28N2O5. The lowest BCUT2D eigenvalue weighted by Crippen LogP contribution is -2.35. The van der Waals surface area contributed by atoms with E-state index >= 15 is 0 Å². The van der Waals surface area contributed by atoms with E-state index in [0.717, 1.165) is 41.9 Å². The molecule has 0 bridgehead atoms. The number of carbonyl (C=O) groups excluding carboxylic acids is 1. The van der Waals surface area contributed by atoms with Crippen LogP contribution in [0.4, 0.5) is 0 Å². The number of ether oxygens (including phenoxy) is 3. The van der Waals surface area contributed by atoms with E-state index in [2.05, 4.69) is 16.4 Å². The lowest BCUT2D eigenvalue weighted by atomic mass is 9.99. The Hall–Kier alpha value is -3.29. The van der Waals surface area contributed by atoms with Crippen LogP contribution in [-0.4, -0.2) is 53.8 Å². The highest BCUT2D eigenvalue weighted by atomic mass is 16.5. The number of morpholine rings is 1.